The quantitative estimate of drug-likeness (QED) is 0.767. The number of carbonyl (C=O) groups is 1. The standard InChI is InChI=1S/C16H15ClO2/c1-12(19-11-13-5-3-2-4-6-13)16(18)14-7-9-15(17)10-8-14/h2-10,12H,11H2,1H3. The molecule has 0 heterocycles. The van der Waals surface area contributed by atoms with Gasteiger partial charge in [0.2, 0.25) is 0 Å². The highest BCUT2D eigenvalue weighted by Gasteiger charge is 2.15. The third-order valence-corrected chi connectivity index (χ3v) is 3.09. The van der Waals surface area contributed by atoms with Gasteiger partial charge in [0.15, 0.2) is 5.78 Å². The van der Waals surface area contributed by atoms with Gasteiger partial charge in [-0.05, 0) is 36.8 Å². The summed E-state index contributed by atoms with van der Waals surface area (Å²) < 4.78 is 5.59. The lowest BCUT2D eigenvalue weighted by Gasteiger charge is -2.12. The minimum Gasteiger partial charge on any atom is -0.366 e. The lowest BCUT2D eigenvalue weighted by molar-refractivity contribution is 0.0412. The summed E-state index contributed by atoms with van der Waals surface area (Å²) in [6, 6.07) is 16.6. The van der Waals surface area contributed by atoms with Crippen molar-refractivity contribution in [2.75, 3.05) is 0 Å². The average molecular weight is 275 g/mol. The van der Waals surface area contributed by atoms with Crippen molar-refractivity contribution in [1.29, 1.82) is 0 Å². The third-order valence-electron chi connectivity index (χ3n) is 2.84. The molecular weight excluding hydrogens is 260 g/mol. The Morgan fingerprint density at radius 3 is 2.37 bits per heavy atom. The largest absolute Gasteiger partial charge is 0.366 e. The zero-order valence-electron chi connectivity index (χ0n) is 10.7. The second-order valence-corrected chi connectivity index (χ2v) is 4.75. The first-order valence-corrected chi connectivity index (χ1v) is 6.50. The van der Waals surface area contributed by atoms with Gasteiger partial charge in [0.25, 0.3) is 0 Å². The number of ketones is 1. The molecule has 0 bridgehead atoms. The van der Waals surface area contributed by atoms with Crippen LogP contribution in [0.2, 0.25) is 5.02 Å². The zero-order chi connectivity index (χ0) is 13.7. The van der Waals surface area contributed by atoms with E-state index in [1.165, 1.54) is 0 Å². The van der Waals surface area contributed by atoms with E-state index in [9.17, 15) is 4.79 Å². The van der Waals surface area contributed by atoms with E-state index in [0.29, 0.717) is 17.2 Å². The first kappa shape index (κ1) is 13.8. The van der Waals surface area contributed by atoms with Gasteiger partial charge in [-0.15, -0.1) is 0 Å². The molecule has 0 aliphatic carbocycles. The predicted octanol–water partition coefficient (Wildman–Crippen LogP) is 4.13. The van der Waals surface area contributed by atoms with Crippen molar-refractivity contribution in [3.63, 3.8) is 0 Å². The predicted molar refractivity (Wildman–Crippen MR) is 76.5 cm³/mol. The van der Waals surface area contributed by atoms with Crippen molar-refractivity contribution in [3.05, 3.63) is 70.7 Å². The van der Waals surface area contributed by atoms with Crippen molar-refractivity contribution in [2.24, 2.45) is 0 Å². The van der Waals surface area contributed by atoms with Crippen LogP contribution in [0.15, 0.2) is 54.6 Å². The lowest BCUT2D eigenvalue weighted by atomic mass is 10.1. The SMILES string of the molecule is CC(OCc1ccccc1)C(=O)c1ccc(Cl)cc1. The molecule has 0 aliphatic heterocycles. The molecule has 2 rings (SSSR count). The van der Waals surface area contributed by atoms with Gasteiger partial charge in [-0.2, -0.15) is 0 Å². The molecule has 2 nitrogen and oxygen atoms in total. The van der Waals surface area contributed by atoms with Gasteiger partial charge in [-0.3, -0.25) is 4.79 Å². The Balaban J connectivity index is 1.94. The van der Waals surface area contributed by atoms with Crippen LogP contribution in [-0.2, 0) is 11.3 Å². The molecule has 0 saturated heterocycles. The van der Waals surface area contributed by atoms with E-state index in [1.54, 1.807) is 31.2 Å². The first-order chi connectivity index (χ1) is 9.16. The molecule has 1 atom stereocenters. The number of rotatable bonds is 5. The number of hydrogen-bond acceptors (Lipinski definition) is 2. The van der Waals surface area contributed by atoms with Crippen molar-refractivity contribution < 1.29 is 9.53 Å². The number of halogens is 1. The van der Waals surface area contributed by atoms with Crippen LogP contribution in [0.25, 0.3) is 0 Å². The van der Waals surface area contributed by atoms with E-state index in [2.05, 4.69) is 0 Å². The van der Waals surface area contributed by atoms with Gasteiger partial charge in [-0.25, -0.2) is 0 Å². The summed E-state index contributed by atoms with van der Waals surface area (Å²) in [5, 5.41) is 0.620. The van der Waals surface area contributed by atoms with E-state index in [-0.39, 0.29) is 5.78 Å². The molecule has 0 amide bonds. The van der Waals surface area contributed by atoms with E-state index in [1.807, 2.05) is 30.3 Å². The Morgan fingerprint density at radius 2 is 1.74 bits per heavy atom. The van der Waals surface area contributed by atoms with Crippen LogP contribution in [0.1, 0.15) is 22.8 Å². The normalized spacial score (nSPS) is 12.1. The van der Waals surface area contributed by atoms with Crippen molar-refractivity contribution in [1.82, 2.24) is 0 Å². The second-order valence-electron chi connectivity index (χ2n) is 4.31. The lowest BCUT2D eigenvalue weighted by Crippen LogP contribution is -2.20. The van der Waals surface area contributed by atoms with Gasteiger partial charge >= 0.3 is 0 Å². The summed E-state index contributed by atoms with van der Waals surface area (Å²) in [4.78, 5) is 12.1. The monoisotopic (exact) mass is 274 g/mol. The fraction of sp³-hybridized carbons (Fsp3) is 0.188. The number of ether oxygens (including phenoxy) is 1. The smallest absolute Gasteiger partial charge is 0.191 e. The molecule has 19 heavy (non-hydrogen) atoms. The summed E-state index contributed by atoms with van der Waals surface area (Å²) in [6.45, 7) is 2.20. The molecule has 1 unspecified atom stereocenters. The minimum atomic E-state index is -0.471. The molecule has 0 radical (unpaired) electrons. The molecule has 0 spiro atoms. The molecule has 98 valence electrons. The summed E-state index contributed by atoms with van der Waals surface area (Å²) in [6.07, 6.45) is -0.471. The van der Waals surface area contributed by atoms with E-state index in [4.69, 9.17) is 16.3 Å². The molecule has 0 saturated carbocycles. The second kappa shape index (κ2) is 6.50. The van der Waals surface area contributed by atoms with Crippen molar-refractivity contribution in [2.45, 2.75) is 19.6 Å². The highest BCUT2D eigenvalue weighted by atomic mass is 35.5. The fourth-order valence-corrected chi connectivity index (χ4v) is 1.85. The molecule has 0 fully saturated rings. The topological polar surface area (TPSA) is 26.3 Å². The Morgan fingerprint density at radius 1 is 1.11 bits per heavy atom. The average Bonchev–Trinajstić information content (AvgIpc) is 2.46. The van der Waals surface area contributed by atoms with E-state index >= 15 is 0 Å². The van der Waals surface area contributed by atoms with Crippen LogP contribution in [0.4, 0.5) is 0 Å². The third kappa shape index (κ3) is 3.91. The summed E-state index contributed by atoms with van der Waals surface area (Å²) in [5.74, 6) is -0.0346. The summed E-state index contributed by atoms with van der Waals surface area (Å²) in [5.41, 5.74) is 1.67. The molecular formula is C16H15ClO2. The van der Waals surface area contributed by atoms with Crippen LogP contribution in [0, 0.1) is 0 Å². The Kier molecular flexibility index (Phi) is 4.72. The van der Waals surface area contributed by atoms with Gasteiger partial charge in [0.1, 0.15) is 6.10 Å². The maximum Gasteiger partial charge on any atom is 0.191 e. The zero-order valence-corrected chi connectivity index (χ0v) is 11.4. The van der Waals surface area contributed by atoms with Crippen molar-refractivity contribution >= 4 is 17.4 Å². The fourth-order valence-electron chi connectivity index (χ4n) is 1.72. The van der Waals surface area contributed by atoms with Crippen LogP contribution >= 0.6 is 11.6 Å². The molecule has 0 aromatic heterocycles. The van der Waals surface area contributed by atoms with Crippen LogP contribution < -0.4 is 0 Å². The Labute approximate surface area is 118 Å². The van der Waals surface area contributed by atoms with Crippen LogP contribution in [0.5, 0.6) is 0 Å². The van der Waals surface area contributed by atoms with Gasteiger partial charge in [0.05, 0.1) is 6.61 Å². The van der Waals surface area contributed by atoms with Crippen LogP contribution in [-0.4, -0.2) is 11.9 Å². The highest BCUT2D eigenvalue weighted by molar-refractivity contribution is 6.30. The number of Topliss-reactive ketones (excluding diaryl/α,β-unsaturated/α-hetero) is 1. The van der Waals surface area contributed by atoms with Crippen LogP contribution in [0.3, 0.4) is 0 Å². The van der Waals surface area contributed by atoms with Crippen molar-refractivity contribution in [3.8, 4) is 0 Å². The van der Waals surface area contributed by atoms with Gasteiger partial charge in [-0.1, -0.05) is 41.9 Å². The molecule has 0 aliphatic rings. The number of benzene rings is 2. The molecule has 3 heteroatoms. The Hall–Kier alpha value is -1.64. The highest BCUT2D eigenvalue weighted by Crippen LogP contribution is 2.13. The number of hydrogen-bond donors (Lipinski definition) is 0. The van der Waals surface area contributed by atoms with Gasteiger partial charge < -0.3 is 4.74 Å². The summed E-state index contributed by atoms with van der Waals surface area (Å²) >= 11 is 5.79. The minimum absolute atomic E-state index is 0.0346. The van der Waals surface area contributed by atoms with E-state index < -0.39 is 6.10 Å². The Bertz CT molecular complexity index is 534. The maximum absolute atomic E-state index is 12.1. The maximum atomic E-state index is 12.1. The van der Waals surface area contributed by atoms with E-state index in [0.717, 1.165) is 5.56 Å². The number of carbonyl (C=O) groups excluding carboxylic acids is 1. The molecule has 2 aromatic rings. The summed E-state index contributed by atoms with van der Waals surface area (Å²) in [7, 11) is 0. The molecule has 2 aromatic carbocycles. The first-order valence-electron chi connectivity index (χ1n) is 6.12. The van der Waals surface area contributed by atoms with Gasteiger partial charge in [0, 0.05) is 10.6 Å². The molecule has 0 N–H and O–H groups in total.